The number of nitro groups is 1. The lowest BCUT2D eigenvalue weighted by Gasteiger charge is -2.33. The second-order valence-corrected chi connectivity index (χ2v) is 7.36. The number of hydrogen-bond donors (Lipinski definition) is 1. The Morgan fingerprint density at radius 3 is 2.46 bits per heavy atom. The van der Waals surface area contributed by atoms with E-state index in [0.717, 1.165) is 0 Å². The van der Waals surface area contributed by atoms with Crippen LogP contribution in [-0.4, -0.2) is 46.6 Å². The predicted molar refractivity (Wildman–Crippen MR) is 95.8 cm³/mol. The first-order valence-corrected chi connectivity index (χ1v) is 8.65. The van der Waals surface area contributed by atoms with Gasteiger partial charge in [0.25, 0.3) is 5.69 Å². The van der Waals surface area contributed by atoms with Gasteiger partial charge in [0.2, 0.25) is 5.91 Å². The van der Waals surface area contributed by atoms with E-state index >= 15 is 0 Å². The van der Waals surface area contributed by atoms with Gasteiger partial charge in [-0.15, -0.1) is 0 Å². The Hall–Kier alpha value is -2.64. The quantitative estimate of drug-likeness (QED) is 0.654. The zero-order chi connectivity index (χ0) is 19.3. The highest BCUT2D eigenvalue weighted by atomic mass is 16.6. The number of para-hydroxylation sites is 1. The molecule has 0 saturated carbocycles. The van der Waals surface area contributed by atoms with E-state index in [0.29, 0.717) is 31.5 Å². The van der Waals surface area contributed by atoms with E-state index in [-0.39, 0.29) is 24.1 Å². The van der Waals surface area contributed by atoms with E-state index in [4.69, 9.17) is 4.74 Å². The lowest BCUT2D eigenvalue weighted by molar-refractivity contribution is -0.385. The van der Waals surface area contributed by atoms with Gasteiger partial charge in [-0.25, -0.2) is 4.79 Å². The van der Waals surface area contributed by atoms with Crippen molar-refractivity contribution in [3.05, 3.63) is 39.9 Å². The number of rotatable bonds is 4. The van der Waals surface area contributed by atoms with Crippen molar-refractivity contribution in [2.24, 2.45) is 0 Å². The molecule has 26 heavy (non-hydrogen) atoms. The molecule has 0 spiro atoms. The van der Waals surface area contributed by atoms with Gasteiger partial charge in [0.1, 0.15) is 5.60 Å². The minimum absolute atomic E-state index is 0.00130. The zero-order valence-corrected chi connectivity index (χ0v) is 15.4. The van der Waals surface area contributed by atoms with Gasteiger partial charge in [-0.1, -0.05) is 18.2 Å². The summed E-state index contributed by atoms with van der Waals surface area (Å²) in [5.74, 6) is -0.144. The number of hydrogen-bond acceptors (Lipinski definition) is 5. The molecule has 1 aromatic rings. The molecule has 1 heterocycles. The number of nitrogens with zero attached hydrogens (tertiary/aromatic N) is 2. The minimum Gasteiger partial charge on any atom is -0.444 e. The van der Waals surface area contributed by atoms with Crippen molar-refractivity contribution in [1.29, 1.82) is 0 Å². The largest absolute Gasteiger partial charge is 0.444 e. The topological polar surface area (TPSA) is 102 Å². The van der Waals surface area contributed by atoms with Crippen molar-refractivity contribution < 1.29 is 19.2 Å². The van der Waals surface area contributed by atoms with Gasteiger partial charge in [-0.2, -0.15) is 0 Å². The van der Waals surface area contributed by atoms with Crippen LogP contribution < -0.4 is 5.32 Å². The number of nitro benzene ring substituents is 1. The van der Waals surface area contributed by atoms with E-state index in [2.05, 4.69) is 5.32 Å². The molecule has 142 valence electrons. The summed E-state index contributed by atoms with van der Waals surface area (Å²) in [5, 5.41) is 13.9. The molecule has 1 N–H and O–H groups in total. The van der Waals surface area contributed by atoms with Gasteiger partial charge in [-0.3, -0.25) is 14.9 Å². The number of ether oxygens (including phenoxy) is 1. The summed E-state index contributed by atoms with van der Waals surface area (Å²) >= 11 is 0. The van der Waals surface area contributed by atoms with Crippen molar-refractivity contribution >= 4 is 17.7 Å². The molecule has 0 unspecified atom stereocenters. The van der Waals surface area contributed by atoms with Crippen LogP contribution in [0.15, 0.2) is 24.3 Å². The maximum atomic E-state index is 12.5. The molecule has 8 nitrogen and oxygen atoms in total. The van der Waals surface area contributed by atoms with Crippen LogP contribution in [0.5, 0.6) is 0 Å². The van der Waals surface area contributed by atoms with Crippen molar-refractivity contribution in [2.75, 3.05) is 13.1 Å². The van der Waals surface area contributed by atoms with Gasteiger partial charge >= 0.3 is 6.09 Å². The lowest BCUT2D eigenvalue weighted by atomic mass is 10.0. The molecule has 8 heteroatoms. The van der Waals surface area contributed by atoms with Crippen LogP contribution in [0.25, 0.3) is 0 Å². The maximum absolute atomic E-state index is 12.5. The fourth-order valence-corrected chi connectivity index (χ4v) is 2.86. The van der Waals surface area contributed by atoms with Crippen LogP contribution >= 0.6 is 0 Å². The highest BCUT2D eigenvalue weighted by Gasteiger charge is 2.26. The lowest BCUT2D eigenvalue weighted by Crippen LogP contribution is -2.48. The molecule has 0 aliphatic carbocycles. The zero-order valence-electron chi connectivity index (χ0n) is 15.4. The normalized spacial score (nSPS) is 15.4. The summed E-state index contributed by atoms with van der Waals surface area (Å²) in [6.45, 7) is 6.41. The number of likely N-dealkylation sites (tertiary alicyclic amines) is 1. The summed E-state index contributed by atoms with van der Waals surface area (Å²) < 4.78 is 5.23. The van der Waals surface area contributed by atoms with Gasteiger partial charge < -0.3 is 15.0 Å². The van der Waals surface area contributed by atoms with Gasteiger partial charge in [0, 0.05) is 30.8 Å². The van der Waals surface area contributed by atoms with Crippen molar-refractivity contribution in [2.45, 2.75) is 51.7 Å². The molecule has 0 bridgehead atoms. The Morgan fingerprint density at radius 2 is 1.88 bits per heavy atom. The Kier molecular flexibility index (Phi) is 6.18. The minimum atomic E-state index is -0.550. The molecule has 0 aromatic heterocycles. The fraction of sp³-hybridized carbons (Fsp3) is 0.556. The average Bonchev–Trinajstić information content (AvgIpc) is 2.54. The van der Waals surface area contributed by atoms with Crippen LogP contribution in [0.1, 0.15) is 39.2 Å². The Labute approximate surface area is 152 Å². The highest BCUT2D eigenvalue weighted by Crippen LogP contribution is 2.20. The standard InChI is InChI=1S/C18H25N3O5/c1-18(2,3)26-17(23)19-14-8-10-20(11-9-14)16(22)12-13-6-4-5-7-15(13)21(24)25/h4-7,14H,8-12H2,1-3H3,(H,19,23). The third-order valence-corrected chi connectivity index (χ3v) is 4.10. The van der Waals surface area contributed by atoms with E-state index in [9.17, 15) is 19.7 Å². The van der Waals surface area contributed by atoms with Crippen LogP contribution in [0.2, 0.25) is 0 Å². The number of piperidine rings is 1. The third-order valence-electron chi connectivity index (χ3n) is 4.10. The maximum Gasteiger partial charge on any atom is 0.407 e. The van der Waals surface area contributed by atoms with Gasteiger partial charge in [0.15, 0.2) is 0 Å². The monoisotopic (exact) mass is 363 g/mol. The fourth-order valence-electron chi connectivity index (χ4n) is 2.86. The molecule has 1 aliphatic heterocycles. The average molecular weight is 363 g/mol. The molecule has 1 saturated heterocycles. The van der Waals surface area contributed by atoms with Crippen LogP contribution in [0.4, 0.5) is 10.5 Å². The smallest absolute Gasteiger partial charge is 0.407 e. The second kappa shape index (κ2) is 8.16. The SMILES string of the molecule is CC(C)(C)OC(=O)NC1CCN(C(=O)Cc2ccccc2[N+](=O)[O-])CC1. The molecule has 0 radical (unpaired) electrons. The first-order valence-electron chi connectivity index (χ1n) is 8.65. The molecular weight excluding hydrogens is 338 g/mol. The van der Waals surface area contributed by atoms with Crippen molar-refractivity contribution in [3.63, 3.8) is 0 Å². The number of carbonyl (C=O) groups is 2. The number of amides is 2. The Balaban J connectivity index is 1.85. The third kappa shape index (κ3) is 5.72. The number of nitrogens with one attached hydrogen (secondary N) is 1. The first kappa shape index (κ1) is 19.7. The number of benzene rings is 1. The molecule has 2 rings (SSSR count). The van der Waals surface area contributed by atoms with E-state index < -0.39 is 16.6 Å². The summed E-state index contributed by atoms with van der Waals surface area (Å²) in [5.41, 5.74) is -0.177. The summed E-state index contributed by atoms with van der Waals surface area (Å²) in [7, 11) is 0. The van der Waals surface area contributed by atoms with E-state index in [1.54, 1.807) is 43.9 Å². The van der Waals surface area contributed by atoms with E-state index in [1.165, 1.54) is 6.07 Å². The highest BCUT2D eigenvalue weighted by molar-refractivity contribution is 5.80. The summed E-state index contributed by atoms with van der Waals surface area (Å²) in [6, 6.07) is 6.24. The molecule has 1 fully saturated rings. The summed E-state index contributed by atoms with van der Waals surface area (Å²) in [4.78, 5) is 36.5. The number of alkyl carbamates (subject to hydrolysis) is 1. The number of carbonyl (C=O) groups excluding carboxylic acids is 2. The van der Waals surface area contributed by atoms with Crippen LogP contribution in [0.3, 0.4) is 0 Å². The van der Waals surface area contributed by atoms with Gasteiger partial charge in [0.05, 0.1) is 11.3 Å². The molecule has 1 aliphatic rings. The molecular formula is C18H25N3O5. The Morgan fingerprint density at radius 1 is 1.27 bits per heavy atom. The summed E-state index contributed by atoms with van der Waals surface area (Å²) in [6.07, 6.45) is 0.799. The van der Waals surface area contributed by atoms with Crippen molar-refractivity contribution in [3.8, 4) is 0 Å². The molecule has 1 aromatic carbocycles. The molecule has 0 atom stereocenters. The first-order chi connectivity index (χ1) is 12.2. The molecule has 2 amide bonds. The second-order valence-electron chi connectivity index (χ2n) is 7.36. The van der Waals surface area contributed by atoms with Gasteiger partial charge in [-0.05, 0) is 33.6 Å². The van der Waals surface area contributed by atoms with E-state index in [1.807, 2.05) is 0 Å². The Bertz CT molecular complexity index is 676. The predicted octanol–water partition coefficient (Wildman–Crippen LogP) is 2.65. The van der Waals surface area contributed by atoms with Crippen LogP contribution in [-0.2, 0) is 16.0 Å². The van der Waals surface area contributed by atoms with Crippen LogP contribution in [0, 0.1) is 10.1 Å². The van der Waals surface area contributed by atoms with Crippen molar-refractivity contribution in [1.82, 2.24) is 10.2 Å².